The van der Waals surface area contributed by atoms with Crippen LogP contribution in [0.1, 0.15) is 23.5 Å². The molecule has 9 nitrogen and oxygen atoms in total. The number of amides is 2. The fourth-order valence-electron chi connectivity index (χ4n) is 4.64. The normalized spacial score (nSPS) is 15.1. The van der Waals surface area contributed by atoms with E-state index in [1.807, 2.05) is 13.1 Å². The summed E-state index contributed by atoms with van der Waals surface area (Å²) in [6, 6.07) is 9.30. The van der Waals surface area contributed by atoms with E-state index < -0.39 is 17.7 Å². The second kappa shape index (κ2) is 12.8. The van der Waals surface area contributed by atoms with Gasteiger partial charge in [-0.1, -0.05) is 6.07 Å². The first-order chi connectivity index (χ1) is 19.2. The molecule has 12 heteroatoms. The number of carbonyl (C=O) groups is 1. The average molecular weight is 556 g/mol. The molecule has 1 aliphatic heterocycles. The number of primary amides is 1. The Labute approximate surface area is 230 Å². The maximum Gasteiger partial charge on any atom is 0.317 e. The van der Waals surface area contributed by atoms with Crippen molar-refractivity contribution in [3.8, 4) is 16.9 Å². The number of hydrogen-bond donors (Lipinski definition) is 2. The van der Waals surface area contributed by atoms with Crippen LogP contribution in [0.3, 0.4) is 0 Å². The summed E-state index contributed by atoms with van der Waals surface area (Å²) in [5, 5.41) is 11.2. The Bertz CT molecular complexity index is 1450. The third kappa shape index (κ3) is 6.88. The molecule has 3 N–H and O–H groups in total. The Balaban J connectivity index is 0.000000194. The molecule has 0 spiro atoms. The maximum absolute atomic E-state index is 13.1. The van der Waals surface area contributed by atoms with Gasteiger partial charge in [-0.3, -0.25) is 10.00 Å². The van der Waals surface area contributed by atoms with E-state index in [2.05, 4.69) is 20.4 Å². The van der Waals surface area contributed by atoms with Crippen LogP contribution in [-0.4, -0.2) is 63.8 Å². The number of anilines is 1. The second-order valence-corrected chi connectivity index (χ2v) is 9.55. The molecule has 0 bridgehead atoms. The summed E-state index contributed by atoms with van der Waals surface area (Å²) in [5.74, 6) is -1.14. The predicted molar refractivity (Wildman–Crippen MR) is 146 cm³/mol. The van der Waals surface area contributed by atoms with Crippen molar-refractivity contribution in [2.24, 2.45) is 12.8 Å². The van der Waals surface area contributed by atoms with Crippen LogP contribution < -0.4 is 11.1 Å². The number of rotatable bonds is 7. The minimum Gasteiger partial charge on any atom is -0.383 e. The molecule has 2 amide bonds. The van der Waals surface area contributed by atoms with Gasteiger partial charge in [0, 0.05) is 44.6 Å². The predicted octanol–water partition coefficient (Wildman–Crippen LogP) is 4.61. The zero-order valence-electron chi connectivity index (χ0n) is 22.6. The zero-order chi connectivity index (χ0) is 28.8. The Morgan fingerprint density at radius 2 is 1.90 bits per heavy atom. The van der Waals surface area contributed by atoms with Crippen molar-refractivity contribution in [3.63, 3.8) is 0 Å². The van der Waals surface area contributed by atoms with Crippen molar-refractivity contribution in [1.29, 1.82) is 0 Å². The summed E-state index contributed by atoms with van der Waals surface area (Å²) < 4.78 is 47.3. The largest absolute Gasteiger partial charge is 0.383 e. The molecular formula is C28H32F3N7O2. The van der Waals surface area contributed by atoms with Crippen LogP contribution in [0.2, 0.25) is 0 Å². The third-order valence-corrected chi connectivity index (χ3v) is 6.71. The highest BCUT2D eigenvalue weighted by atomic mass is 19.2. The van der Waals surface area contributed by atoms with Gasteiger partial charge in [0.15, 0.2) is 11.6 Å². The fraction of sp³-hybridized carbons (Fsp3) is 0.321. The molecule has 40 heavy (non-hydrogen) atoms. The number of halogens is 3. The second-order valence-electron chi connectivity index (χ2n) is 9.55. The van der Waals surface area contributed by atoms with E-state index in [-0.39, 0.29) is 5.82 Å². The molecule has 2 aromatic heterocycles. The maximum atomic E-state index is 13.1. The van der Waals surface area contributed by atoms with Gasteiger partial charge in [-0.25, -0.2) is 22.6 Å². The molecule has 1 unspecified atom stereocenters. The zero-order valence-corrected chi connectivity index (χ0v) is 22.6. The van der Waals surface area contributed by atoms with Gasteiger partial charge in [-0.2, -0.15) is 10.2 Å². The van der Waals surface area contributed by atoms with E-state index >= 15 is 0 Å². The molecule has 0 radical (unpaired) electrons. The highest BCUT2D eigenvalue weighted by molar-refractivity contribution is 5.89. The van der Waals surface area contributed by atoms with Crippen molar-refractivity contribution in [1.82, 2.24) is 24.5 Å². The number of likely N-dealkylation sites (tertiary alicyclic amines) is 1. The number of aromatic nitrogens is 4. The number of nitrogens with two attached hydrogens (primary N) is 1. The molecule has 1 atom stereocenters. The highest BCUT2D eigenvalue weighted by Gasteiger charge is 2.24. The van der Waals surface area contributed by atoms with Crippen molar-refractivity contribution >= 4 is 11.8 Å². The van der Waals surface area contributed by atoms with Crippen molar-refractivity contribution in [3.05, 3.63) is 83.4 Å². The van der Waals surface area contributed by atoms with Crippen molar-refractivity contribution in [2.45, 2.75) is 19.3 Å². The average Bonchev–Trinajstić information content (AvgIpc) is 3.65. The van der Waals surface area contributed by atoms with Crippen LogP contribution in [0, 0.1) is 24.4 Å². The molecule has 2 aromatic carbocycles. The minimum atomic E-state index is -0.775. The van der Waals surface area contributed by atoms with Gasteiger partial charge >= 0.3 is 6.03 Å². The fourth-order valence-corrected chi connectivity index (χ4v) is 4.64. The standard InChI is InChI=1S/C15H15FN6O.C13H17F2NO/c1-9-13(10-7-18-21(2)8-10)20-22(14(9)19-15(17)23)12-5-3-11(16)4-6-12;1-17-7-6-16-5-4-11(9-16)10-2-3-12(14)13(15)8-10/h3-8H,1-2H3,(H3,17,19,23);2-3,8,11H,4-7,9H2,1H3. The topological polar surface area (TPSA) is 103 Å². The van der Waals surface area contributed by atoms with Gasteiger partial charge in [0.1, 0.15) is 17.3 Å². The monoisotopic (exact) mass is 555 g/mol. The molecule has 212 valence electrons. The number of methoxy groups -OCH3 is 1. The number of urea groups is 1. The first-order valence-electron chi connectivity index (χ1n) is 12.7. The molecule has 0 aliphatic carbocycles. The van der Waals surface area contributed by atoms with Gasteiger partial charge in [0.2, 0.25) is 0 Å². The minimum absolute atomic E-state index is 0.307. The van der Waals surface area contributed by atoms with Gasteiger partial charge < -0.3 is 15.4 Å². The van der Waals surface area contributed by atoms with Gasteiger partial charge in [-0.15, -0.1) is 0 Å². The summed E-state index contributed by atoms with van der Waals surface area (Å²) in [5.41, 5.74) is 8.95. The van der Waals surface area contributed by atoms with Crippen LogP contribution in [0.5, 0.6) is 0 Å². The quantitative estimate of drug-likeness (QED) is 0.347. The van der Waals surface area contributed by atoms with Crippen LogP contribution in [0.4, 0.5) is 23.8 Å². The Hall–Kier alpha value is -4.16. The van der Waals surface area contributed by atoms with Crippen LogP contribution in [-0.2, 0) is 11.8 Å². The molecule has 3 heterocycles. The lowest BCUT2D eigenvalue weighted by atomic mass is 9.98. The highest BCUT2D eigenvalue weighted by Crippen LogP contribution is 2.30. The SMILES string of the molecule is COCCN1CCC(c2ccc(F)c(F)c2)C1.Cc1c(-c2cnn(C)c2)nn(-c2ccc(F)cc2)c1NC(N)=O. The summed E-state index contributed by atoms with van der Waals surface area (Å²) in [6.45, 7) is 5.32. The Morgan fingerprint density at radius 3 is 2.52 bits per heavy atom. The summed E-state index contributed by atoms with van der Waals surface area (Å²) in [7, 11) is 3.49. The lowest BCUT2D eigenvalue weighted by Gasteiger charge is -2.15. The molecule has 4 aromatic rings. The van der Waals surface area contributed by atoms with E-state index in [0.717, 1.165) is 42.7 Å². The van der Waals surface area contributed by atoms with Crippen molar-refractivity contribution in [2.75, 3.05) is 38.7 Å². The van der Waals surface area contributed by atoms with Gasteiger partial charge in [0.05, 0.1) is 18.5 Å². The van der Waals surface area contributed by atoms with E-state index in [1.165, 1.54) is 28.9 Å². The number of ether oxygens (including phenoxy) is 1. The number of carbonyl (C=O) groups excluding carboxylic acids is 1. The number of aryl methyl sites for hydroxylation is 1. The lowest BCUT2D eigenvalue weighted by Crippen LogP contribution is -2.24. The third-order valence-electron chi connectivity index (χ3n) is 6.71. The molecule has 5 rings (SSSR count). The van der Waals surface area contributed by atoms with Gasteiger partial charge in [0.25, 0.3) is 0 Å². The van der Waals surface area contributed by atoms with Crippen molar-refractivity contribution < 1.29 is 22.7 Å². The van der Waals surface area contributed by atoms with Crippen LogP contribution >= 0.6 is 0 Å². The first-order valence-corrected chi connectivity index (χ1v) is 12.7. The van der Waals surface area contributed by atoms with E-state index in [9.17, 15) is 18.0 Å². The van der Waals surface area contributed by atoms with E-state index in [0.29, 0.717) is 29.7 Å². The Kier molecular flexibility index (Phi) is 9.22. The number of nitrogens with zero attached hydrogens (tertiary/aromatic N) is 5. The molecule has 1 aliphatic rings. The molecule has 0 saturated carbocycles. The summed E-state index contributed by atoms with van der Waals surface area (Å²) >= 11 is 0. The summed E-state index contributed by atoms with van der Waals surface area (Å²) in [4.78, 5) is 13.6. The number of hydrogen-bond acceptors (Lipinski definition) is 5. The Morgan fingerprint density at radius 1 is 1.15 bits per heavy atom. The van der Waals surface area contributed by atoms with Gasteiger partial charge in [-0.05, 0) is 67.8 Å². The lowest BCUT2D eigenvalue weighted by molar-refractivity contribution is 0.160. The van der Waals surface area contributed by atoms with E-state index in [4.69, 9.17) is 10.5 Å². The molecule has 1 saturated heterocycles. The first kappa shape index (κ1) is 28.8. The summed E-state index contributed by atoms with van der Waals surface area (Å²) in [6.07, 6.45) is 4.49. The number of benzene rings is 2. The molecule has 1 fully saturated rings. The van der Waals surface area contributed by atoms with Crippen LogP contribution in [0.15, 0.2) is 54.9 Å². The van der Waals surface area contributed by atoms with E-state index in [1.54, 1.807) is 43.2 Å². The smallest absolute Gasteiger partial charge is 0.317 e. The number of nitrogens with one attached hydrogen (secondary N) is 1. The molecular weight excluding hydrogens is 523 g/mol. The van der Waals surface area contributed by atoms with Crippen LogP contribution in [0.25, 0.3) is 16.9 Å².